The number of aromatic nitrogens is 1. The molecule has 0 saturated carbocycles. The van der Waals surface area contributed by atoms with Crippen molar-refractivity contribution in [1.29, 1.82) is 0 Å². The van der Waals surface area contributed by atoms with E-state index in [4.69, 9.17) is 0 Å². The molecule has 14 aromatic rings. The van der Waals surface area contributed by atoms with Crippen molar-refractivity contribution in [1.82, 2.24) is 4.57 Å². The molecule has 2 heteroatoms. The molecule has 372 valence electrons. The fraction of sp³-hybridized carbons (Fsp3) is 0.0649. The summed E-state index contributed by atoms with van der Waals surface area (Å²) in [4.78, 5) is 2.51. The highest BCUT2D eigenvalue weighted by atomic mass is 15.1. The lowest BCUT2D eigenvalue weighted by atomic mass is 9.71. The monoisotopic (exact) mass is 1010 g/mol. The quantitative estimate of drug-likeness (QED) is 0.154. The third-order valence-electron chi connectivity index (χ3n) is 18.0. The highest BCUT2D eigenvalue weighted by Crippen LogP contribution is 2.59. The van der Waals surface area contributed by atoms with E-state index in [1.807, 2.05) is 0 Å². The second kappa shape index (κ2) is 17.1. The van der Waals surface area contributed by atoms with Crippen molar-refractivity contribution in [2.24, 2.45) is 0 Å². The van der Waals surface area contributed by atoms with Gasteiger partial charge in [-0.2, -0.15) is 0 Å². The van der Waals surface area contributed by atoms with Gasteiger partial charge in [0.1, 0.15) is 0 Å². The molecule has 1 aromatic heterocycles. The van der Waals surface area contributed by atoms with Gasteiger partial charge in [0.15, 0.2) is 0 Å². The summed E-state index contributed by atoms with van der Waals surface area (Å²) in [5, 5.41) is 9.88. The number of nitrogens with zero attached hydrogens (tertiary/aromatic N) is 2. The first-order valence-corrected chi connectivity index (χ1v) is 27.7. The van der Waals surface area contributed by atoms with Crippen LogP contribution < -0.4 is 4.90 Å². The predicted octanol–water partition coefficient (Wildman–Crippen LogP) is 20.7. The van der Waals surface area contributed by atoms with Gasteiger partial charge in [0.2, 0.25) is 0 Å². The molecule has 2 nitrogen and oxygen atoms in total. The van der Waals surface area contributed by atoms with E-state index in [-0.39, 0.29) is 5.41 Å². The molecule has 0 bridgehead atoms. The Morgan fingerprint density at radius 1 is 0.342 bits per heavy atom. The maximum absolute atomic E-state index is 2.51. The SMILES string of the molecule is CC1(C)c2ccccc2-c2c(N(c3cccc(-c4ccc5ccccc5c4)c3)c3ccc4ccc(-c5cccc6c5C(C)(c5ccc7ccccc7c5)c5ccc7c8ccccc8n(-c8ccccc8)c7c5-6)cc4c3)cccc21. The summed E-state index contributed by atoms with van der Waals surface area (Å²) in [6, 6.07) is 102. The number of rotatable bonds is 7. The highest BCUT2D eigenvalue weighted by molar-refractivity contribution is 6.16. The Bertz CT molecular complexity index is 4840. The lowest BCUT2D eigenvalue weighted by Gasteiger charge is -2.31. The van der Waals surface area contributed by atoms with Crippen molar-refractivity contribution in [3.63, 3.8) is 0 Å². The van der Waals surface area contributed by atoms with E-state index in [1.165, 1.54) is 132 Å². The predicted molar refractivity (Wildman–Crippen MR) is 334 cm³/mol. The van der Waals surface area contributed by atoms with E-state index in [0.29, 0.717) is 0 Å². The number of hydrogen-bond acceptors (Lipinski definition) is 1. The fourth-order valence-electron chi connectivity index (χ4n) is 14.1. The molecule has 16 rings (SSSR count). The van der Waals surface area contributed by atoms with Crippen molar-refractivity contribution >= 4 is 71.2 Å². The summed E-state index contributed by atoms with van der Waals surface area (Å²) in [5.41, 5.74) is 23.0. The van der Waals surface area contributed by atoms with Gasteiger partial charge in [0, 0.05) is 49.8 Å². The van der Waals surface area contributed by atoms with E-state index in [2.05, 4.69) is 303 Å². The molecule has 1 heterocycles. The molecule has 2 aliphatic rings. The molecule has 2 aliphatic carbocycles. The second-order valence-electron chi connectivity index (χ2n) is 22.6. The van der Waals surface area contributed by atoms with Gasteiger partial charge in [-0.15, -0.1) is 0 Å². The molecular formula is C77H54N2. The lowest BCUT2D eigenvalue weighted by Crippen LogP contribution is -2.23. The van der Waals surface area contributed by atoms with Crippen LogP contribution in [0.5, 0.6) is 0 Å². The lowest BCUT2D eigenvalue weighted by molar-refractivity contribution is 0.660. The topological polar surface area (TPSA) is 8.17 Å². The first-order chi connectivity index (χ1) is 38.8. The van der Waals surface area contributed by atoms with Crippen LogP contribution in [-0.4, -0.2) is 4.57 Å². The van der Waals surface area contributed by atoms with Crippen molar-refractivity contribution in [3.8, 4) is 50.2 Å². The minimum atomic E-state index is -0.501. The van der Waals surface area contributed by atoms with E-state index < -0.39 is 5.41 Å². The molecule has 0 amide bonds. The van der Waals surface area contributed by atoms with E-state index in [9.17, 15) is 0 Å². The van der Waals surface area contributed by atoms with Crippen LogP contribution in [0, 0.1) is 0 Å². The van der Waals surface area contributed by atoms with Crippen LogP contribution in [0.25, 0.3) is 104 Å². The number of benzene rings is 13. The third kappa shape index (κ3) is 6.71. The second-order valence-corrected chi connectivity index (χ2v) is 22.6. The molecule has 0 fully saturated rings. The van der Waals surface area contributed by atoms with Gasteiger partial charge in [-0.1, -0.05) is 220 Å². The minimum absolute atomic E-state index is 0.153. The summed E-state index contributed by atoms with van der Waals surface area (Å²) in [5.74, 6) is 0. The number of anilines is 3. The molecule has 1 unspecified atom stereocenters. The zero-order chi connectivity index (χ0) is 52.6. The zero-order valence-electron chi connectivity index (χ0n) is 44.4. The Kier molecular flexibility index (Phi) is 9.85. The normalized spacial score (nSPS) is 14.9. The van der Waals surface area contributed by atoms with Crippen LogP contribution in [0.15, 0.2) is 273 Å². The van der Waals surface area contributed by atoms with E-state index in [0.717, 1.165) is 17.1 Å². The first kappa shape index (κ1) is 45.4. The minimum Gasteiger partial charge on any atom is -0.310 e. The van der Waals surface area contributed by atoms with Crippen molar-refractivity contribution in [2.75, 3.05) is 4.90 Å². The van der Waals surface area contributed by atoms with E-state index in [1.54, 1.807) is 0 Å². The molecule has 1 atom stereocenters. The summed E-state index contributed by atoms with van der Waals surface area (Å²) >= 11 is 0. The summed E-state index contributed by atoms with van der Waals surface area (Å²) < 4.78 is 2.51. The summed E-state index contributed by atoms with van der Waals surface area (Å²) in [7, 11) is 0. The summed E-state index contributed by atoms with van der Waals surface area (Å²) in [6.45, 7) is 7.23. The molecule has 0 spiro atoms. The van der Waals surface area contributed by atoms with Crippen LogP contribution in [0.3, 0.4) is 0 Å². The average molecular weight is 1010 g/mol. The van der Waals surface area contributed by atoms with E-state index >= 15 is 0 Å². The van der Waals surface area contributed by atoms with Crippen LogP contribution in [0.4, 0.5) is 17.1 Å². The van der Waals surface area contributed by atoms with Gasteiger partial charge in [-0.05, 0) is 167 Å². The van der Waals surface area contributed by atoms with Crippen LogP contribution in [-0.2, 0) is 10.8 Å². The van der Waals surface area contributed by atoms with Gasteiger partial charge in [0.05, 0.1) is 16.7 Å². The zero-order valence-corrected chi connectivity index (χ0v) is 44.4. The highest BCUT2D eigenvalue weighted by Gasteiger charge is 2.45. The Balaban J connectivity index is 0.919. The molecule has 0 saturated heterocycles. The van der Waals surface area contributed by atoms with Gasteiger partial charge < -0.3 is 9.47 Å². The maximum atomic E-state index is 2.51. The molecule has 0 N–H and O–H groups in total. The summed E-state index contributed by atoms with van der Waals surface area (Å²) in [6.07, 6.45) is 0. The van der Waals surface area contributed by atoms with Crippen LogP contribution in [0.2, 0.25) is 0 Å². The Morgan fingerprint density at radius 3 is 1.80 bits per heavy atom. The standard InChI is InChI=1S/C77H54N2/c1-76(2)67-30-13-11-27-65(67)72-68(76)31-17-33-71(72)78(60-25-15-22-54(47-60)55-36-34-49-18-7-9-20-52(49)44-55)61-41-39-51-35-37-56(45-57(51)48-61)62-28-16-29-66-73-69(77(3,74(62)66)58-40-38-50-19-8-10-21-53(50)46-58)43-42-64-63-26-12-14-32-70(63)79(75(64)73)59-23-5-4-6-24-59/h4-48H,1-3H3. The van der Waals surface area contributed by atoms with Gasteiger partial charge in [0.25, 0.3) is 0 Å². The Morgan fingerprint density at radius 2 is 0.949 bits per heavy atom. The van der Waals surface area contributed by atoms with Crippen molar-refractivity contribution in [2.45, 2.75) is 31.6 Å². The third-order valence-corrected chi connectivity index (χ3v) is 18.0. The fourth-order valence-corrected chi connectivity index (χ4v) is 14.1. The molecule has 0 aliphatic heterocycles. The molecular weight excluding hydrogens is 953 g/mol. The smallest absolute Gasteiger partial charge is 0.0622 e. The number of hydrogen-bond donors (Lipinski definition) is 0. The Hall–Kier alpha value is -9.76. The first-order valence-electron chi connectivity index (χ1n) is 27.7. The van der Waals surface area contributed by atoms with Gasteiger partial charge in [-0.25, -0.2) is 0 Å². The maximum Gasteiger partial charge on any atom is 0.0622 e. The van der Waals surface area contributed by atoms with Crippen LogP contribution in [0.1, 0.15) is 48.6 Å². The largest absolute Gasteiger partial charge is 0.310 e. The van der Waals surface area contributed by atoms with Gasteiger partial charge >= 0.3 is 0 Å². The number of fused-ring (bicyclic) bond motifs is 13. The molecule has 13 aromatic carbocycles. The van der Waals surface area contributed by atoms with Crippen LogP contribution >= 0.6 is 0 Å². The average Bonchev–Trinajstić information content (AvgIpc) is 3.72. The number of para-hydroxylation sites is 2. The molecule has 79 heavy (non-hydrogen) atoms. The van der Waals surface area contributed by atoms with Crippen molar-refractivity contribution in [3.05, 3.63) is 301 Å². The molecule has 0 radical (unpaired) electrons. The Labute approximate surface area is 460 Å². The van der Waals surface area contributed by atoms with Gasteiger partial charge in [-0.3, -0.25) is 0 Å². The van der Waals surface area contributed by atoms with Crippen molar-refractivity contribution < 1.29 is 0 Å².